The second kappa shape index (κ2) is 6.35. The van der Waals surface area contributed by atoms with Crippen LogP contribution >= 0.6 is 0 Å². The molecule has 6 nitrogen and oxygen atoms in total. The van der Waals surface area contributed by atoms with E-state index in [1.165, 1.54) is 12.2 Å². The summed E-state index contributed by atoms with van der Waals surface area (Å²) < 4.78 is 29.5. The van der Waals surface area contributed by atoms with Gasteiger partial charge in [0.15, 0.2) is 0 Å². The van der Waals surface area contributed by atoms with Crippen LogP contribution in [0.1, 0.15) is 20.8 Å². The number of rotatable bonds is 6. The van der Waals surface area contributed by atoms with Crippen LogP contribution in [0.4, 0.5) is 0 Å². The molecule has 1 rings (SSSR count). The topological polar surface area (TPSA) is 79.2 Å². The predicted molar refractivity (Wildman–Crippen MR) is 71.5 cm³/mol. The van der Waals surface area contributed by atoms with Crippen molar-refractivity contribution in [3.63, 3.8) is 0 Å². The molecule has 0 aromatic heterocycles. The van der Waals surface area contributed by atoms with E-state index >= 15 is 0 Å². The molecule has 102 valence electrons. The van der Waals surface area contributed by atoms with Gasteiger partial charge in [-0.2, -0.15) is 5.10 Å². The number of allylic oxidation sites excluding steroid dienone is 1. The zero-order valence-corrected chi connectivity index (χ0v) is 11.7. The Morgan fingerprint density at radius 1 is 1.56 bits per heavy atom. The van der Waals surface area contributed by atoms with Crippen molar-refractivity contribution >= 4 is 23.3 Å². The zero-order valence-electron chi connectivity index (χ0n) is 10.9. The first-order chi connectivity index (χ1) is 8.38. The molecule has 0 aromatic carbocycles. The summed E-state index contributed by atoms with van der Waals surface area (Å²) in [4.78, 5) is 0. The molecule has 0 unspecified atom stereocenters. The largest absolute Gasteiger partial charge is 0.476 e. The average Bonchev–Trinajstić information content (AvgIpc) is 2.28. The lowest BCUT2D eigenvalue weighted by molar-refractivity contribution is 0.163. The third-order valence-electron chi connectivity index (χ3n) is 2.53. The van der Waals surface area contributed by atoms with E-state index < -0.39 is 17.1 Å². The molecular weight excluding hydrogens is 255 g/mol. The number of hydrazone groups is 1. The summed E-state index contributed by atoms with van der Waals surface area (Å²) in [6.45, 7) is 6.24. The molecular formula is C10H19BN2O4S. The van der Waals surface area contributed by atoms with Crippen molar-refractivity contribution in [2.45, 2.75) is 20.8 Å². The molecule has 0 saturated heterocycles. The summed E-state index contributed by atoms with van der Waals surface area (Å²) in [5.41, 5.74) is 0.818. The van der Waals surface area contributed by atoms with Gasteiger partial charge in [0.05, 0.1) is 12.4 Å². The number of sulfonamides is 1. The van der Waals surface area contributed by atoms with Crippen LogP contribution < -0.4 is 0 Å². The normalized spacial score (nSPS) is 16.4. The molecule has 0 fully saturated rings. The summed E-state index contributed by atoms with van der Waals surface area (Å²) >= 11 is 0. The number of hydrogen-bond donors (Lipinski definition) is 1. The maximum absolute atomic E-state index is 11.9. The zero-order chi connectivity index (χ0) is 13.8. The molecule has 0 spiro atoms. The van der Waals surface area contributed by atoms with E-state index in [1.807, 2.05) is 13.8 Å². The fraction of sp³-hybridized carbons (Fsp3) is 0.700. The van der Waals surface area contributed by atoms with Crippen LogP contribution in [0.5, 0.6) is 0 Å². The number of hydrogen-bond acceptors (Lipinski definition) is 5. The van der Waals surface area contributed by atoms with Crippen LogP contribution in [0, 0.1) is 5.92 Å². The number of ether oxygens (including phenoxy) is 1. The van der Waals surface area contributed by atoms with Crippen molar-refractivity contribution in [3.8, 4) is 0 Å². The Morgan fingerprint density at radius 3 is 2.72 bits per heavy atom. The summed E-state index contributed by atoms with van der Waals surface area (Å²) in [6.07, 6.45) is 1.47. The minimum atomic E-state index is -3.64. The summed E-state index contributed by atoms with van der Waals surface area (Å²) in [5.74, 6) is 1.49. The highest BCUT2D eigenvalue weighted by Crippen LogP contribution is 2.16. The molecule has 0 aromatic rings. The highest BCUT2D eigenvalue weighted by atomic mass is 32.2. The minimum Gasteiger partial charge on any atom is -0.427 e. The molecule has 0 amide bonds. The molecule has 0 atom stereocenters. The lowest BCUT2D eigenvalue weighted by atomic mass is 9.79. The molecule has 18 heavy (non-hydrogen) atoms. The monoisotopic (exact) mass is 274 g/mol. The molecule has 0 aliphatic carbocycles. The smallest absolute Gasteiger partial charge is 0.427 e. The van der Waals surface area contributed by atoms with Gasteiger partial charge in [-0.25, -0.2) is 12.7 Å². The van der Waals surface area contributed by atoms with Gasteiger partial charge in [-0.05, 0) is 18.4 Å². The predicted octanol–water partition coefficient (Wildman–Crippen LogP) is 0.256. The minimum absolute atomic E-state index is 0.0956. The van der Waals surface area contributed by atoms with Gasteiger partial charge in [-0.15, -0.1) is 0 Å². The standard InChI is InChI=1S/C10H19BN2O4S/c1-4-17-5-6-18(15,16)13-11(14)7-10(8-12-13)9(2)3/h7-9,14H,4-6H2,1-3H3. The van der Waals surface area contributed by atoms with Gasteiger partial charge < -0.3 is 9.76 Å². The Morgan fingerprint density at radius 2 is 2.22 bits per heavy atom. The van der Waals surface area contributed by atoms with E-state index in [2.05, 4.69) is 5.10 Å². The van der Waals surface area contributed by atoms with Crippen LogP contribution in [0.3, 0.4) is 0 Å². The van der Waals surface area contributed by atoms with E-state index in [0.29, 0.717) is 6.61 Å². The highest BCUT2D eigenvalue weighted by molar-refractivity contribution is 7.90. The average molecular weight is 274 g/mol. The highest BCUT2D eigenvalue weighted by Gasteiger charge is 2.32. The first-order valence-electron chi connectivity index (χ1n) is 5.92. The van der Waals surface area contributed by atoms with Crippen molar-refractivity contribution in [1.29, 1.82) is 0 Å². The fourth-order valence-electron chi connectivity index (χ4n) is 1.45. The third-order valence-corrected chi connectivity index (χ3v) is 4.09. The molecule has 8 heteroatoms. The van der Waals surface area contributed by atoms with Crippen molar-refractivity contribution in [2.75, 3.05) is 19.0 Å². The van der Waals surface area contributed by atoms with Crippen LogP contribution in [-0.2, 0) is 14.8 Å². The van der Waals surface area contributed by atoms with E-state index in [9.17, 15) is 13.4 Å². The van der Waals surface area contributed by atoms with E-state index in [0.717, 1.165) is 9.90 Å². The lowest BCUT2D eigenvalue weighted by Crippen LogP contribution is -2.43. The summed E-state index contributed by atoms with van der Waals surface area (Å²) in [5, 5.41) is 13.6. The quantitative estimate of drug-likeness (QED) is 0.556. The van der Waals surface area contributed by atoms with E-state index in [4.69, 9.17) is 4.74 Å². The Kier molecular flexibility index (Phi) is 5.37. The van der Waals surface area contributed by atoms with Crippen molar-refractivity contribution in [3.05, 3.63) is 11.5 Å². The molecule has 0 radical (unpaired) electrons. The Labute approximate surface area is 109 Å². The first-order valence-corrected chi connectivity index (χ1v) is 7.53. The molecule has 1 N–H and O–H groups in total. The molecule has 1 aliphatic rings. The van der Waals surface area contributed by atoms with Gasteiger partial charge in [-0.3, -0.25) is 0 Å². The third kappa shape index (κ3) is 3.83. The summed E-state index contributed by atoms with van der Waals surface area (Å²) in [7, 11) is -4.88. The van der Waals surface area contributed by atoms with Gasteiger partial charge in [0.25, 0.3) is 0 Å². The van der Waals surface area contributed by atoms with Gasteiger partial charge in [0, 0.05) is 12.8 Å². The van der Waals surface area contributed by atoms with Gasteiger partial charge in [0.1, 0.15) is 0 Å². The van der Waals surface area contributed by atoms with Crippen LogP contribution in [0.15, 0.2) is 16.6 Å². The first kappa shape index (κ1) is 15.2. The van der Waals surface area contributed by atoms with Crippen LogP contribution in [0.2, 0.25) is 0 Å². The molecule has 0 saturated carbocycles. The second-order valence-electron chi connectivity index (χ2n) is 4.27. The lowest BCUT2D eigenvalue weighted by Gasteiger charge is -2.24. The van der Waals surface area contributed by atoms with Gasteiger partial charge >= 0.3 is 7.05 Å². The second-order valence-corrected chi connectivity index (χ2v) is 6.21. The Balaban J connectivity index is 2.72. The SMILES string of the molecule is CCOCCS(=O)(=O)N1N=CC(C(C)C)=CB1O. The fourth-order valence-corrected chi connectivity index (χ4v) is 2.55. The molecule has 1 heterocycles. The van der Waals surface area contributed by atoms with Crippen molar-refractivity contribution < 1.29 is 18.2 Å². The maximum atomic E-state index is 11.9. The van der Waals surface area contributed by atoms with Crippen LogP contribution in [-0.4, -0.2) is 50.0 Å². The van der Waals surface area contributed by atoms with Crippen LogP contribution in [0.25, 0.3) is 0 Å². The molecule has 1 aliphatic heterocycles. The van der Waals surface area contributed by atoms with E-state index in [1.54, 1.807) is 6.92 Å². The van der Waals surface area contributed by atoms with Gasteiger partial charge in [0.2, 0.25) is 10.0 Å². The Hall–Kier alpha value is -0.855. The summed E-state index contributed by atoms with van der Waals surface area (Å²) in [6, 6.07) is 0. The van der Waals surface area contributed by atoms with Crippen molar-refractivity contribution in [2.24, 2.45) is 11.0 Å². The van der Waals surface area contributed by atoms with Gasteiger partial charge in [-0.1, -0.05) is 19.8 Å². The maximum Gasteiger partial charge on any atom is 0.476 e. The Bertz CT molecular complexity index is 433. The number of nitrogens with zero attached hydrogens (tertiary/aromatic N) is 2. The van der Waals surface area contributed by atoms with E-state index in [-0.39, 0.29) is 18.3 Å². The molecule has 0 bridgehead atoms. The van der Waals surface area contributed by atoms with Crippen molar-refractivity contribution in [1.82, 2.24) is 4.33 Å².